The summed E-state index contributed by atoms with van der Waals surface area (Å²) in [6.07, 6.45) is 11.9. The predicted molar refractivity (Wildman–Crippen MR) is 116 cm³/mol. The number of carbonyl (C=O) groups is 1. The Morgan fingerprint density at radius 1 is 1.22 bits per heavy atom. The normalized spacial score (nSPS) is 12.9. The molecule has 1 atom stereocenters. The molecule has 1 aromatic heterocycles. The minimum Gasteiger partial charge on any atom is -0.360 e. The van der Waals surface area contributed by atoms with E-state index in [0.717, 1.165) is 23.3 Å². The van der Waals surface area contributed by atoms with E-state index < -0.39 is 6.04 Å². The Hall–Kier alpha value is -2.91. The summed E-state index contributed by atoms with van der Waals surface area (Å²) in [5, 5.41) is 3.43. The molecule has 2 N–H and O–H groups in total. The molecular weight excluding hydrogens is 332 g/mol. The van der Waals surface area contributed by atoms with Gasteiger partial charge >= 0.3 is 0 Å². The van der Waals surface area contributed by atoms with Crippen molar-refractivity contribution >= 4 is 17.9 Å². The summed E-state index contributed by atoms with van der Waals surface area (Å²) in [7, 11) is 0. The van der Waals surface area contributed by atoms with Gasteiger partial charge in [0.15, 0.2) is 5.78 Å². The van der Waals surface area contributed by atoms with Crippen molar-refractivity contribution in [1.29, 1.82) is 0 Å². The first-order valence-electron chi connectivity index (χ1n) is 9.19. The van der Waals surface area contributed by atoms with Crippen LogP contribution in [0.1, 0.15) is 41.0 Å². The molecule has 0 aliphatic rings. The zero-order valence-corrected chi connectivity index (χ0v) is 16.2. The quantitative estimate of drug-likeness (QED) is 0.451. The van der Waals surface area contributed by atoms with Crippen LogP contribution in [-0.2, 0) is 6.42 Å². The minimum absolute atomic E-state index is 0.0283. The maximum Gasteiger partial charge on any atom is 0.186 e. The third-order valence-corrected chi connectivity index (χ3v) is 4.50. The molecule has 0 radical (unpaired) electrons. The number of aromatic amines is 1. The third kappa shape index (κ3) is 5.28. The molecule has 0 aliphatic heterocycles. The molecule has 2 rings (SSSR count). The average Bonchev–Trinajstić information content (AvgIpc) is 3.12. The van der Waals surface area contributed by atoms with E-state index in [9.17, 15) is 4.79 Å². The summed E-state index contributed by atoms with van der Waals surface area (Å²) >= 11 is 0. The van der Waals surface area contributed by atoms with E-state index in [-0.39, 0.29) is 5.78 Å². The smallest absolute Gasteiger partial charge is 0.186 e. The number of rotatable bonds is 10. The van der Waals surface area contributed by atoms with Gasteiger partial charge < -0.3 is 10.3 Å². The van der Waals surface area contributed by atoms with Gasteiger partial charge in [-0.1, -0.05) is 67.8 Å². The molecular formula is C24H28N2O. The van der Waals surface area contributed by atoms with Gasteiger partial charge in [0.25, 0.3) is 0 Å². The Bertz CT molecular complexity index is 841. The summed E-state index contributed by atoms with van der Waals surface area (Å²) in [6.45, 7) is 12.3. The largest absolute Gasteiger partial charge is 0.360 e. The fourth-order valence-corrected chi connectivity index (χ4v) is 3.01. The summed E-state index contributed by atoms with van der Waals surface area (Å²) in [5.41, 5.74) is 4.46. The van der Waals surface area contributed by atoms with E-state index in [1.807, 2.05) is 50.3 Å². The Morgan fingerprint density at radius 2 is 1.96 bits per heavy atom. The first-order chi connectivity index (χ1) is 13.1. The average molecular weight is 361 g/mol. The van der Waals surface area contributed by atoms with Gasteiger partial charge in [-0.3, -0.25) is 4.79 Å². The van der Waals surface area contributed by atoms with Crippen molar-refractivity contribution in [1.82, 2.24) is 10.3 Å². The number of benzene rings is 1. The Labute approximate surface area is 162 Å². The molecule has 0 saturated heterocycles. The number of nitrogens with one attached hydrogen (secondary N) is 2. The van der Waals surface area contributed by atoms with Gasteiger partial charge in [0.2, 0.25) is 0 Å². The Morgan fingerprint density at radius 3 is 2.59 bits per heavy atom. The topological polar surface area (TPSA) is 44.9 Å². The van der Waals surface area contributed by atoms with Crippen LogP contribution in [0.15, 0.2) is 73.5 Å². The number of hydrogen-bond donors (Lipinski definition) is 2. The molecule has 1 heterocycles. The SMILES string of the molecule is C=Cc1[nH]cc(C(=O)[C@H](NCCc2ccccc2)/C(C)=C/C=C\C)c1C=C. The molecule has 1 aromatic carbocycles. The highest BCUT2D eigenvalue weighted by Crippen LogP contribution is 2.20. The highest BCUT2D eigenvalue weighted by Gasteiger charge is 2.24. The van der Waals surface area contributed by atoms with Gasteiger partial charge in [0.05, 0.1) is 6.04 Å². The molecule has 0 spiro atoms. The second-order valence-corrected chi connectivity index (χ2v) is 6.36. The molecule has 0 amide bonds. The fourth-order valence-electron chi connectivity index (χ4n) is 3.01. The highest BCUT2D eigenvalue weighted by atomic mass is 16.1. The Kier molecular flexibility index (Phi) is 7.78. The van der Waals surface area contributed by atoms with Crippen LogP contribution in [0, 0.1) is 0 Å². The second-order valence-electron chi connectivity index (χ2n) is 6.36. The lowest BCUT2D eigenvalue weighted by atomic mass is 9.96. The van der Waals surface area contributed by atoms with Gasteiger partial charge in [0, 0.05) is 29.6 Å². The lowest BCUT2D eigenvalue weighted by molar-refractivity contribution is 0.0959. The number of allylic oxidation sites excluding steroid dienone is 3. The maximum atomic E-state index is 13.3. The zero-order chi connectivity index (χ0) is 19.6. The highest BCUT2D eigenvalue weighted by molar-refractivity contribution is 6.05. The fraction of sp³-hybridized carbons (Fsp3) is 0.208. The van der Waals surface area contributed by atoms with E-state index >= 15 is 0 Å². The number of ketones is 1. The summed E-state index contributed by atoms with van der Waals surface area (Å²) in [6, 6.07) is 9.87. The van der Waals surface area contributed by atoms with Crippen molar-refractivity contribution in [2.45, 2.75) is 26.3 Å². The predicted octanol–water partition coefficient (Wildman–Crippen LogP) is 5.21. The van der Waals surface area contributed by atoms with Crippen LogP contribution < -0.4 is 5.32 Å². The second kappa shape index (κ2) is 10.3. The van der Waals surface area contributed by atoms with Crippen molar-refractivity contribution in [3.05, 3.63) is 95.9 Å². The summed E-state index contributed by atoms with van der Waals surface area (Å²) in [5.74, 6) is 0.0283. The Balaban J connectivity index is 2.23. The number of hydrogen-bond acceptors (Lipinski definition) is 2. The lowest BCUT2D eigenvalue weighted by Gasteiger charge is -2.19. The molecule has 0 bridgehead atoms. The summed E-state index contributed by atoms with van der Waals surface area (Å²) in [4.78, 5) is 16.4. The third-order valence-electron chi connectivity index (χ3n) is 4.50. The van der Waals surface area contributed by atoms with Crippen LogP contribution >= 0.6 is 0 Å². The van der Waals surface area contributed by atoms with E-state index in [2.05, 4.69) is 35.6 Å². The van der Waals surface area contributed by atoms with Gasteiger partial charge in [-0.05, 0) is 37.5 Å². The molecule has 0 fully saturated rings. The van der Waals surface area contributed by atoms with Gasteiger partial charge in [0.1, 0.15) is 0 Å². The van der Waals surface area contributed by atoms with Crippen molar-refractivity contribution in [3.8, 4) is 0 Å². The molecule has 27 heavy (non-hydrogen) atoms. The van der Waals surface area contributed by atoms with E-state index in [0.29, 0.717) is 12.1 Å². The molecule has 3 heteroatoms. The van der Waals surface area contributed by atoms with Gasteiger partial charge in [-0.2, -0.15) is 0 Å². The van der Waals surface area contributed by atoms with Crippen molar-refractivity contribution in [2.24, 2.45) is 0 Å². The van der Waals surface area contributed by atoms with E-state index in [1.165, 1.54) is 5.56 Å². The molecule has 0 unspecified atom stereocenters. The van der Waals surface area contributed by atoms with Gasteiger partial charge in [-0.15, -0.1) is 0 Å². The standard InChI is InChI=1S/C24H28N2O/c1-5-8-12-18(4)23(25-16-15-19-13-10-9-11-14-19)24(27)21-17-26-22(7-3)20(21)6-2/h5-14,17,23,25-26H,2-3,15-16H2,1,4H3/b8-5-,18-12+/t23-/m1/s1. The van der Waals surface area contributed by atoms with E-state index in [4.69, 9.17) is 0 Å². The summed E-state index contributed by atoms with van der Waals surface area (Å²) < 4.78 is 0. The monoisotopic (exact) mass is 360 g/mol. The molecule has 3 nitrogen and oxygen atoms in total. The number of Topliss-reactive ketones (excluding diaryl/α,β-unsaturated/α-hetero) is 1. The first kappa shape index (κ1) is 20.4. The zero-order valence-electron chi connectivity index (χ0n) is 16.2. The molecule has 0 aliphatic carbocycles. The van der Waals surface area contributed by atoms with Gasteiger partial charge in [-0.25, -0.2) is 0 Å². The first-order valence-corrected chi connectivity index (χ1v) is 9.19. The van der Waals surface area contributed by atoms with Crippen LogP contribution in [0.2, 0.25) is 0 Å². The lowest BCUT2D eigenvalue weighted by Crippen LogP contribution is -2.39. The molecule has 2 aromatic rings. The van der Waals surface area contributed by atoms with Crippen molar-refractivity contribution in [2.75, 3.05) is 6.54 Å². The van der Waals surface area contributed by atoms with E-state index in [1.54, 1.807) is 18.3 Å². The number of H-pyrrole nitrogens is 1. The molecule has 0 saturated carbocycles. The number of aromatic nitrogens is 1. The van der Waals surface area contributed by atoms with Crippen LogP contribution in [0.4, 0.5) is 0 Å². The van der Waals surface area contributed by atoms with Crippen LogP contribution in [-0.4, -0.2) is 23.4 Å². The van der Waals surface area contributed by atoms with Crippen molar-refractivity contribution < 1.29 is 4.79 Å². The van der Waals surface area contributed by atoms with Crippen molar-refractivity contribution in [3.63, 3.8) is 0 Å². The molecule has 140 valence electrons. The van der Waals surface area contributed by atoms with Crippen LogP contribution in [0.3, 0.4) is 0 Å². The maximum absolute atomic E-state index is 13.3. The van der Waals surface area contributed by atoms with Crippen LogP contribution in [0.5, 0.6) is 0 Å². The number of carbonyl (C=O) groups excluding carboxylic acids is 1. The van der Waals surface area contributed by atoms with Crippen LogP contribution in [0.25, 0.3) is 12.2 Å². The minimum atomic E-state index is -0.392.